The fourth-order valence-corrected chi connectivity index (χ4v) is 5.09. The summed E-state index contributed by atoms with van der Waals surface area (Å²) in [7, 11) is 0. The Kier molecular flexibility index (Phi) is 4.92. The summed E-state index contributed by atoms with van der Waals surface area (Å²) in [6.45, 7) is 15.0. The van der Waals surface area contributed by atoms with Crippen molar-refractivity contribution in [1.82, 2.24) is 15.1 Å². The van der Waals surface area contributed by atoms with Gasteiger partial charge in [0.1, 0.15) is 0 Å². The van der Waals surface area contributed by atoms with Gasteiger partial charge in [-0.3, -0.25) is 4.90 Å². The van der Waals surface area contributed by atoms with E-state index in [0.29, 0.717) is 11.5 Å². The highest BCUT2D eigenvalue weighted by Gasteiger charge is 2.42. The van der Waals surface area contributed by atoms with Crippen molar-refractivity contribution in [2.24, 2.45) is 11.3 Å². The second-order valence-corrected chi connectivity index (χ2v) is 8.27. The molecule has 3 heteroatoms. The molecule has 2 saturated heterocycles. The molecular weight excluding hydrogens is 258 g/mol. The second kappa shape index (κ2) is 6.55. The van der Waals surface area contributed by atoms with Gasteiger partial charge in [-0.05, 0) is 69.6 Å². The third-order valence-electron chi connectivity index (χ3n) is 6.29. The Morgan fingerprint density at radius 2 is 1.86 bits per heavy atom. The number of likely N-dealkylation sites (tertiary alicyclic amines) is 2. The Balaban J connectivity index is 1.52. The number of nitrogens with one attached hydrogen (secondary N) is 1. The average Bonchev–Trinajstić information content (AvgIpc) is 3.15. The van der Waals surface area contributed by atoms with E-state index in [0.717, 1.165) is 18.5 Å². The molecular formula is C18H35N3. The highest BCUT2D eigenvalue weighted by Crippen LogP contribution is 2.42. The standard InChI is InChI=1S/C18H35N3/c1-4-19-17-15(7-9-18(17,2)3)13-20-12-8-16(14-20)21-10-5-6-11-21/h15-17,19H,4-14H2,1-3H3. The lowest BCUT2D eigenvalue weighted by Crippen LogP contribution is -2.45. The van der Waals surface area contributed by atoms with Gasteiger partial charge in [0.15, 0.2) is 0 Å². The zero-order valence-electron chi connectivity index (χ0n) is 14.4. The Morgan fingerprint density at radius 1 is 1.10 bits per heavy atom. The van der Waals surface area contributed by atoms with Crippen LogP contribution in [0, 0.1) is 11.3 Å². The molecule has 0 amide bonds. The topological polar surface area (TPSA) is 18.5 Å². The van der Waals surface area contributed by atoms with Crippen LogP contribution in [-0.4, -0.2) is 61.2 Å². The van der Waals surface area contributed by atoms with Crippen molar-refractivity contribution >= 4 is 0 Å². The predicted octanol–water partition coefficient (Wildman–Crippen LogP) is 2.57. The van der Waals surface area contributed by atoms with Crippen LogP contribution >= 0.6 is 0 Å². The molecule has 3 atom stereocenters. The summed E-state index contributed by atoms with van der Waals surface area (Å²) in [5, 5.41) is 3.79. The van der Waals surface area contributed by atoms with Crippen LogP contribution in [0.15, 0.2) is 0 Å². The van der Waals surface area contributed by atoms with E-state index < -0.39 is 0 Å². The molecule has 3 unspecified atom stereocenters. The molecule has 0 aromatic carbocycles. The molecule has 0 spiro atoms. The molecule has 0 aromatic rings. The van der Waals surface area contributed by atoms with Crippen LogP contribution in [0.5, 0.6) is 0 Å². The summed E-state index contributed by atoms with van der Waals surface area (Å²) in [4.78, 5) is 5.51. The highest BCUT2D eigenvalue weighted by atomic mass is 15.3. The molecule has 2 heterocycles. The van der Waals surface area contributed by atoms with Crippen LogP contribution in [0.2, 0.25) is 0 Å². The van der Waals surface area contributed by atoms with Gasteiger partial charge < -0.3 is 10.2 Å². The molecule has 122 valence electrons. The van der Waals surface area contributed by atoms with Crippen molar-refractivity contribution in [2.45, 2.75) is 65.0 Å². The molecule has 2 aliphatic heterocycles. The summed E-state index contributed by atoms with van der Waals surface area (Å²) in [6, 6.07) is 1.58. The summed E-state index contributed by atoms with van der Waals surface area (Å²) in [6.07, 6.45) is 7.06. The summed E-state index contributed by atoms with van der Waals surface area (Å²) in [5.41, 5.74) is 0.481. The minimum Gasteiger partial charge on any atom is -0.313 e. The number of rotatable bonds is 5. The number of nitrogens with zero attached hydrogens (tertiary/aromatic N) is 2. The Labute approximate surface area is 131 Å². The van der Waals surface area contributed by atoms with E-state index in [4.69, 9.17) is 0 Å². The fraction of sp³-hybridized carbons (Fsp3) is 1.00. The zero-order valence-corrected chi connectivity index (χ0v) is 14.4. The highest BCUT2D eigenvalue weighted by molar-refractivity contribution is 4.98. The average molecular weight is 293 g/mol. The molecule has 3 aliphatic rings. The van der Waals surface area contributed by atoms with E-state index >= 15 is 0 Å². The molecule has 0 radical (unpaired) electrons. The summed E-state index contributed by atoms with van der Waals surface area (Å²) >= 11 is 0. The quantitative estimate of drug-likeness (QED) is 0.840. The van der Waals surface area contributed by atoms with E-state index in [9.17, 15) is 0 Å². The lowest BCUT2D eigenvalue weighted by Gasteiger charge is -2.33. The van der Waals surface area contributed by atoms with Gasteiger partial charge in [-0.2, -0.15) is 0 Å². The largest absolute Gasteiger partial charge is 0.313 e. The van der Waals surface area contributed by atoms with Crippen LogP contribution in [-0.2, 0) is 0 Å². The Bertz CT molecular complexity index is 335. The van der Waals surface area contributed by atoms with Crippen molar-refractivity contribution in [3.05, 3.63) is 0 Å². The molecule has 3 nitrogen and oxygen atoms in total. The lowest BCUT2D eigenvalue weighted by atomic mass is 9.84. The summed E-state index contributed by atoms with van der Waals surface area (Å²) < 4.78 is 0. The van der Waals surface area contributed by atoms with E-state index in [1.165, 1.54) is 64.8 Å². The molecule has 1 saturated carbocycles. The SMILES string of the molecule is CCNC1C(CN2CCC(N3CCCC3)C2)CCC1(C)C. The van der Waals surface area contributed by atoms with Crippen molar-refractivity contribution in [2.75, 3.05) is 39.3 Å². The van der Waals surface area contributed by atoms with Crippen LogP contribution in [0.25, 0.3) is 0 Å². The predicted molar refractivity (Wildman–Crippen MR) is 89.6 cm³/mol. The third-order valence-corrected chi connectivity index (χ3v) is 6.29. The normalized spacial score (nSPS) is 37.6. The monoisotopic (exact) mass is 293 g/mol. The Hall–Kier alpha value is -0.120. The molecule has 1 N–H and O–H groups in total. The van der Waals surface area contributed by atoms with Gasteiger partial charge in [-0.1, -0.05) is 20.8 Å². The number of hydrogen-bond acceptors (Lipinski definition) is 3. The smallest absolute Gasteiger partial charge is 0.0235 e. The van der Waals surface area contributed by atoms with Gasteiger partial charge in [0.05, 0.1) is 0 Å². The summed E-state index contributed by atoms with van der Waals surface area (Å²) in [5.74, 6) is 0.859. The first-order chi connectivity index (χ1) is 10.1. The first-order valence-electron chi connectivity index (χ1n) is 9.30. The van der Waals surface area contributed by atoms with Gasteiger partial charge >= 0.3 is 0 Å². The maximum absolute atomic E-state index is 3.79. The first-order valence-corrected chi connectivity index (χ1v) is 9.30. The van der Waals surface area contributed by atoms with Gasteiger partial charge in [-0.25, -0.2) is 0 Å². The maximum atomic E-state index is 3.79. The molecule has 21 heavy (non-hydrogen) atoms. The van der Waals surface area contributed by atoms with Crippen molar-refractivity contribution in [3.8, 4) is 0 Å². The zero-order chi connectivity index (χ0) is 14.9. The van der Waals surface area contributed by atoms with Gasteiger partial charge in [-0.15, -0.1) is 0 Å². The van der Waals surface area contributed by atoms with E-state index in [2.05, 4.69) is 35.9 Å². The Morgan fingerprint density at radius 3 is 2.57 bits per heavy atom. The van der Waals surface area contributed by atoms with Crippen molar-refractivity contribution in [1.29, 1.82) is 0 Å². The minimum absolute atomic E-state index is 0.481. The van der Waals surface area contributed by atoms with Crippen LogP contribution < -0.4 is 5.32 Å². The number of hydrogen-bond donors (Lipinski definition) is 1. The van der Waals surface area contributed by atoms with Gasteiger partial charge in [0.2, 0.25) is 0 Å². The van der Waals surface area contributed by atoms with E-state index in [-0.39, 0.29) is 0 Å². The van der Waals surface area contributed by atoms with E-state index in [1.807, 2.05) is 0 Å². The van der Waals surface area contributed by atoms with Crippen molar-refractivity contribution in [3.63, 3.8) is 0 Å². The maximum Gasteiger partial charge on any atom is 0.0235 e. The van der Waals surface area contributed by atoms with Gasteiger partial charge in [0.25, 0.3) is 0 Å². The second-order valence-electron chi connectivity index (χ2n) is 8.27. The van der Waals surface area contributed by atoms with Crippen molar-refractivity contribution < 1.29 is 0 Å². The van der Waals surface area contributed by atoms with Crippen LogP contribution in [0.1, 0.15) is 52.9 Å². The van der Waals surface area contributed by atoms with Crippen LogP contribution in [0.4, 0.5) is 0 Å². The third kappa shape index (κ3) is 3.46. The molecule has 3 fully saturated rings. The molecule has 0 bridgehead atoms. The molecule has 3 rings (SSSR count). The van der Waals surface area contributed by atoms with Crippen LogP contribution in [0.3, 0.4) is 0 Å². The van der Waals surface area contributed by atoms with E-state index in [1.54, 1.807) is 0 Å². The lowest BCUT2D eigenvalue weighted by molar-refractivity contribution is 0.189. The first kappa shape index (κ1) is 15.8. The molecule has 1 aliphatic carbocycles. The van der Waals surface area contributed by atoms with Gasteiger partial charge in [0, 0.05) is 25.2 Å². The fourth-order valence-electron chi connectivity index (χ4n) is 5.09. The minimum atomic E-state index is 0.481. The molecule has 0 aromatic heterocycles.